The Bertz CT molecular complexity index is 1040. The summed E-state index contributed by atoms with van der Waals surface area (Å²) in [5.74, 6) is 1.33. The summed E-state index contributed by atoms with van der Waals surface area (Å²) in [7, 11) is 1.62. The summed E-state index contributed by atoms with van der Waals surface area (Å²) in [6.45, 7) is 4.64. The molecule has 5 nitrogen and oxygen atoms in total. The number of nitrogens with one attached hydrogen (secondary N) is 2. The number of hydrogen-bond donors (Lipinski definition) is 2. The van der Waals surface area contributed by atoms with Crippen LogP contribution in [0.2, 0.25) is 0 Å². The first kappa shape index (κ1) is 21.3. The van der Waals surface area contributed by atoms with Gasteiger partial charge in [-0.25, -0.2) is 0 Å². The molecule has 3 aromatic rings. The van der Waals surface area contributed by atoms with Crippen LogP contribution in [0.5, 0.6) is 11.5 Å². The Balaban J connectivity index is 1.60. The van der Waals surface area contributed by atoms with Crippen LogP contribution in [0.15, 0.2) is 71.8 Å². The van der Waals surface area contributed by atoms with E-state index in [0.29, 0.717) is 23.2 Å². The zero-order valence-corrected chi connectivity index (χ0v) is 18.1. The SMILES string of the molecule is COc1cc(/C=N/NC(=S)Nc2ccccc2)ccc1OCc1cc(C)ccc1C. The number of nitrogens with zero attached hydrogens (tertiary/aromatic N) is 1. The molecule has 154 valence electrons. The second-order valence-electron chi connectivity index (χ2n) is 6.82. The van der Waals surface area contributed by atoms with Crippen molar-refractivity contribution in [3.63, 3.8) is 0 Å². The number of methoxy groups -OCH3 is 1. The third-order valence-electron chi connectivity index (χ3n) is 4.49. The van der Waals surface area contributed by atoms with Crippen LogP contribution in [0.25, 0.3) is 0 Å². The molecule has 0 bridgehead atoms. The third kappa shape index (κ3) is 6.06. The summed E-state index contributed by atoms with van der Waals surface area (Å²) in [5, 5.41) is 7.66. The van der Waals surface area contributed by atoms with Crippen LogP contribution in [0.4, 0.5) is 5.69 Å². The summed E-state index contributed by atoms with van der Waals surface area (Å²) in [5.41, 5.74) is 8.14. The first-order valence-corrected chi connectivity index (χ1v) is 9.98. The lowest BCUT2D eigenvalue weighted by Crippen LogP contribution is -2.23. The first-order valence-electron chi connectivity index (χ1n) is 9.57. The van der Waals surface area contributed by atoms with Crippen molar-refractivity contribution >= 4 is 29.2 Å². The Morgan fingerprint density at radius 2 is 1.80 bits per heavy atom. The molecule has 0 aliphatic heterocycles. The third-order valence-corrected chi connectivity index (χ3v) is 4.68. The van der Waals surface area contributed by atoms with E-state index < -0.39 is 0 Å². The van der Waals surface area contributed by atoms with Crippen LogP contribution in [0.3, 0.4) is 0 Å². The van der Waals surface area contributed by atoms with Crippen LogP contribution in [0, 0.1) is 13.8 Å². The van der Waals surface area contributed by atoms with Gasteiger partial charge in [0, 0.05) is 5.69 Å². The Morgan fingerprint density at radius 3 is 2.57 bits per heavy atom. The van der Waals surface area contributed by atoms with Gasteiger partial charge in [0.25, 0.3) is 0 Å². The van der Waals surface area contributed by atoms with Crippen molar-refractivity contribution in [2.75, 3.05) is 12.4 Å². The molecule has 6 heteroatoms. The van der Waals surface area contributed by atoms with E-state index in [0.717, 1.165) is 16.8 Å². The van der Waals surface area contributed by atoms with E-state index in [1.54, 1.807) is 13.3 Å². The van der Waals surface area contributed by atoms with Crippen molar-refractivity contribution < 1.29 is 9.47 Å². The van der Waals surface area contributed by atoms with Crippen molar-refractivity contribution in [2.45, 2.75) is 20.5 Å². The molecule has 0 saturated heterocycles. The number of benzene rings is 3. The van der Waals surface area contributed by atoms with Gasteiger partial charge in [0.05, 0.1) is 13.3 Å². The van der Waals surface area contributed by atoms with E-state index in [1.165, 1.54) is 11.1 Å². The van der Waals surface area contributed by atoms with E-state index in [-0.39, 0.29) is 0 Å². The second kappa shape index (κ2) is 10.4. The second-order valence-corrected chi connectivity index (χ2v) is 7.23. The molecule has 0 radical (unpaired) electrons. The van der Waals surface area contributed by atoms with Crippen LogP contribution >= 0.6 is 12.2 Å². The maximum Gasteiger partial charge on any atom is 0.191 e. The van der Waals surface area contributed by atoms with Gasteiger partial charge in [0.15, 0.2) is 16.6 Å². The maximum atomic E-state index is 6.00. The molecule has 0 amide bonds. The molecule has 0 heterocycles. The number of rotatable bonds is 7. The number of thiocarbonyl (C=S) groups is 1. The molecule has 0 fully saturated rings. The van der Waals surface area contributed by atoms with Gasteiger partial charge in [-0.3, -0.25) is 5.43 Å². The minimum Gasteiger partial charge on any atom is -0.493 e. The van der Waals surface area contributed by atoms with Gasteiger partial charge in [-0.1, -0.05) is 42.0 Å². The minimum absolute atomic E-state index is 0.415. The molecular formula is C24H25N3O2S. The van der Waals surface area contributed by atoms with E-state index >= 15 is 0 Å². The topological polar surface area (TPSA) is 54.9 Å². The van der Waals surface area contributed by atoms with Gasteiger partial charge in [-0.05, 0) is 73.1 Å². The molecule has 0 spiro atoms. The van der Waals surface area contributed by atoms with Gasteiger partial charge in [-0.2, -0.15) is 5.10 Å². The van der Waals surface area contributed by atoms with Crippen LogP contribution in [-0.4, -0.2) is 18.4 Å². The number of aryl methyl sites for hydroxylation is 2. The van der Waals surface area contributed by atoms with Gasteiger partial charge in [-0.15, -0.1) is 0 Å². The molecule has 0 aromatic heterocycles. The Labute approximate surface area is 182 Å². The number of para-hydroxylation sites is 1. The highest BCUT2D eigenvalue weighted by molar-refractivity contribution is 7.80. The summed E-state index contributed by atoms with van der Waals surface area (Å²) in [4.78, 5) is 0. The number of ether oxygens (including phenoxy) is 2. The summed E-state index contributed by atoms with van der Waals surface area (Å²) in [6, 6.07) is 21.7. The Morgan fingerprint density at radius 1 is 1.00 bits per heavy atom. The molecule has 0 atom stereocenters. The molecule has 0 aliphatic rings. The van der Waals surface area contributed by atoms with Crippen molar-refractivity contribution in [1.29, 1.82) is 0 Å². The molecule has 30 heavy (non-hydrogen) atoms. The van der Waals surface area contributed by atoms with Crippen LogP contribution < -0.4 is 20.2 Å². The van der Waals surface area contributed by atoms with E-state index in [9.17, 15) is 0 Å². The van der Waals surface area contributed by atoms with Gasteiger partial charge < -0.3 is 14.8 Å². The highest BCUT2D eigenvalue weighted by Crippen LogP contribution is 2.28. The summed E-state index contributed by atoms with van der Waals surface area (Å²) < 4.78 is 11.5. The van der Waals surface area contributed by atoms with Crippen molar-refractivity contribution in [2.24, 2.45) is 5.10 Å². The van der Waals surface area contributed by atoms with Gasteiger partial charge in [0.1, 0.15) is 6.61 Å². The number of hydrazone groups is 1. The summed E-state index contributed by atoms with van der Waals surface area (Å²) in [6.07, 6.45) is 1.68. The molecule has 3 aromatic carbocycles. The number of anilines is 1. The highest BCUT2D eigenvalue weighted by atomic mass is 32.1. The van der Waals surface area contributed by atoms with Crippen LogP contribution in [0.1, 0.15) is 22.3 Å². The smallest absolute Gasteiger partial charge is 0.191 e. The molecular weight excluding hydrogens is 394 g/mol. The van der Waals surface area contributed by atoms with E-state index in [1.807, 2.05) is 48.5 Å². The molecule has 3 rings (SSSR count). The lowest BCUT2D eigenvalue weighted by molar-refractivity contribution is 0.284. The predicted octanol–water partition coefficient (Wildman–Crippen LogP) is 5.21. The maximum absolute atomic E-state index is 6.00. The number of hydrogen-bond acceptors (Lipinski definition) is 4. The van der Waals surface area contributed by atoms with Crippen LogP contribution in [-0.2, 0) is 6.61 Å². The highest BCUT2D eigenvalue weighted by Gasteiger charge is 2.07. The molecule has 2 N–H and O–H groups in total. The van der Waals surface area contributed by atoms with E-state index in [2.05, 4.69) is 47.9 Å². The normalized spacial score (nSPS) is 10.6. The van der Waals surface area contributed by atoms with Gasteiger partial charge in [0.2, 0.25) is 0 Å². The van der Waals surface area contributed by atoms with Crippen molar-refractivity contribution in [3.05, 3.63) is 89.0 Å². The fourth-order valence-electron chi connectivity index (χ4n) is 2.84. The Hall–Kier alpha value is -3.38. The quantitative estimate of drug-likeness (QED) is 0.313. The van der Waals surface area contributed by atoms with Crippen molar-refractivity contribution in [3.8, 4) is 11.5 Å². The zero-order valence-electron chi connectivity index (χ0n) is 17.3. The molecule has 0 aliphatic carbocycles. The Kier molecular flexibility index (Phi) is 7.40. The lowest BCUT2D eigenvalue weighted by Gasteiger charge is -2.13. The lowest BCUT2D eigenvalue weighted by atomic mass is 10.1. The zero-order chi connectivity index (χ0) is 21.3. The fraction of sp³-hybridized carbons (Fsp3) is 0.167. The van der Waals surface area contributed by atoms with Gasteiger partial charge >= 0.3 is 0 Å². The largest absolute Gasteiger partial charge is 0.493 e. The first-order chi connectivity index (χ1) is 14.5. The predicted molar refractivity (Wildman–Crippen MR) is 127 cm³/mol. The average molecular weight is 420 g/mol. The van der Waals surface area contributed by atoms with E-state index in [4.69, 9.17) is 21.7 Å². The molecule has 0 saturated carbocycles. The monoisotopic (exact) mass is 419 g/mol. The summed E-state index contributed by atoms with van der Waals surface area (Å²) >= 11 is 5.24. The molecule has 0 unspecified atom stereocenters. The minimum atomic E-state index is 0.415. The fourth-order valence-corrected chi connectivity index (χ4v) is 3.01. The standard InChI is InChI=1S/C24H25N3O2S/c1-17-9-10-18(2)20(13-17)16-29-22-12-11-19(14-23(22)28-3)15-25-27-24(30)26-21-7-5-4-6-8-21/h4-15H,16H2,1-3H3,(H2,26,27,30)/b25-15+. The average Bonchev–Trinajstić information content (AvgIpc) is 2.75. The van der Waals surface area contributed by atoms with Crippen molar-refractivity contribution in [1.82, 2.24) is 5.43 Å².